The van der Waals surface area contributed by atoms with E-state index in [-0.39, 0.29) is 18.4 Å². The lowest BCUT2D eigenvalue weighted by atomic mass is 10.1. The van der Waals surface area contributed by atoms with Gasteiger partial charge in [0.15, 0.2) is 5.95 Å². The minimum Gasteiger partial charge on any atom is -0.481 e. The van der Waals surface area contributed by atoms with E-state index in [4.69, 9.17) is 28.2 Å². The highest BCUT2D eigenvalue weighted by atomic mass is 32.1. The number of H-pyrrole nitrogens is 1. The zero-order valence-corrected chi connectivity index (χ0v) is 17.8. The summed E-state index contributed by atoms with van der Waals surface area (Å²) < 4.78 is 0.493. The number of aromatic nitrogens is 2. The Bertz CT molecular complexity index is 1010. The van der Waals surface area contributed by atoms with E-state index < -0.39 is 23.9 Å². The van der Waals surface area contributed by atoms with Crippen LogP contribution in [-0.2, 0) is 16.0 Å². The zero-order chi connectivity index (χ0) is 23.0. The second-order valence-electron chi connectivity index (χ2n) is 6.94. The van der Waals surface area contributed by atoms with Crippen LogP contribution in [0.3, 0.4) is 0 Å². The number of hydrogen-bond acceptors (Lipinski definition) is 7. The number of benzene rings is 1. The van der Waals surface area contributed by atoms with Gasteiger partial charge in [-0.1, -0.05) is 12.2 Å². The van der Waals surface area contributed by atoms with Crippen LogP contribution in [-0.4, -0.2) is 50.6 Å². The number of aromatic amines is 1. The smallest absolute Gasteiger partial charge is 0.326 e. The summed E-state index contributed by atoms with van der Waals surface area (Å²) in [6.45, 7) is 2.57. The highest BCUT2D eigenvalue weighted by Gasteiger charge is 2.21. The van der Waals surface area contributed by atoms with Crippen LogP contribution in [0.1, 0.15) is 40.9 Å². The molecule has 1 aromatic carbocycles. The number of nitrogens with two attached hydrogens (primary N) is 1. The van der Waals surface area contributed by atoms with Gasteiger partial charge in [0.2, 0.25) is 0 Å². The predicted molar refractivity (Wildman–Crippen MR) is 118 cm³/mol. The molecule has 1 aromatic heterocycles. The molecule has 31 heavy (non-hydrogen) atoms. The van der Waals surface area contributed by atoms with Gasteiger partial charge in [-0.05, 0) is 50.5 Å². The van der Waals surface area contributed by atoms with Crippen LogP contribution < -0.4 is 16.4 Å². The maximum Gasteiger partial charge on any atom is 0.326 e. The Kier molecular flexibility index (Phi) is 8.50. The third-order valence-electron chi connectivity index (χ3n) is 4.58. The Morgan fingerprint density at radius 1 is 1.23 bits per heavy atom. The number of nitrogen functional groups attached to an aromatic ring is 1. The van der Waals surface area contributed by atoms with Crippen molar-refractivity contribution < 1.29 is 24.6 Å². The molecule has 1 amide bonds. The lowest BCUT2D eigenvalue weighted by Crippen LogP contribution is -2.41. The normalized spacial score (nSPS) is 11.5. The number of carboxylic acids is 2. The van der Waals surface area contributed by atoms with E-state index in [2.05, 4.69) is 20.6 Å². The van der Waals surface area contributed by atoms with Gasteiger partial charge in [0, 0.05) is 35.5 Å². The van der Waals surface area contributed by atoms with Crippen LogP contribution in [0.5, 0.6) is 0 Å². The first-order valence-electron chi connectivity index (χ1n) is 9.62. The van der Waals surface area contributed by atoms with Crippen LogP contribution in [0.2, 0.25) is 0 Å². The summed E-state index contributed by atoms with van der Waals surface area (Å²) in [5.41, 5.74) is 8.57. The fourth-order valence-electron chi connectivity index (χ4n) is 2.93. The number of carboxylic acid groups (broad SMARTS) is 2. The second-order valence-corrected chi connectivity index (χ2v) is 7.32. The molecule has 166 valence electrons. The summed E-state index contributed by atoms with van der Waals surface area (Å²) in [5, 5.41) is 23.4. The van der Waals surface area contributed by atoms with Gasteiger partial charge in [-0.15, -0.1) is 0 Å². The standard InChI is InChI=1S/C20H25N5O5S/c1-11-14(18(31)25-20(21)23-11)3-2-10-22-13-6-4-12(5-7-13)17(28)24-15(19(29)30)8-9-16(26)27/h4-7,15,22H,2-3,8-10H2,1H3,(H,24,28)(H,26,27)(H,29,30)(H3,21,23,25,31). The number of amides is 1. The highest BCUT2D eigenvalue weighted by Crippen LogP contribution is 2.13. The minimum absolute atomic E-state index is 0.192. The van der Waals surface area contributed by atoms with Gasteiger partial charge in [-0.3, -0.25) is 9.59 Å². The van der Waals surface area contributed by atoms with Crippen molar-refractivity contribution in [3.63, 3.8) is 0 Å². The molecule has 0 aliphatic rings. The number of anilines is 2. The molecule has 0 saturated heterocycles. The number of hydrogen-bond donors (Lipinski definition) is 6. The number of rotatable bonds is 11. The first-order chi connectivity index (χ1) is 14.7. The van der Waals surface area contributed by atoms with E-state index in [1.165, 1.54) is 0 Å². The third-order valence-corrected chi connectivity index (χ3v) is 4.92. The second kappa shape index (κ2) is 11.1. The Morgan fingerprint density at radius 2 is 1.90 bits per heavy atom. The van der Waals surface area contributed by atoms with Crippen molar-refractivity contribution >= 4 is 41.7 Å². The fraction of sp³-hybridized carbons (Fsp3) is 0.350. The number of aliphatic carboxylic acids is 2. The summed E-state index contributed by atoms with van der Waals surface area (Å²) in [5.74, 6) is -2.69. The molecule has 0 bridgehead atoms. The van der Waals surface area contributed by atoms with E-state index in [0.29, 0.717) is 17.1 Å². The predicted octanol–water partition coefficient (Wildman–Crippen LogP) is 2.12. The molecule has 11 heteroatoms. The first-order valence-corrected chi connectivity index (χ1v) is 10.0. The van der Waals surface area contributed by atoms with Gasteiger partial charge < -0.3 is 31.6 Å². The van der Waals surface area contributed by atoms with Crippen LogP contribution in [0.25, 0.3) is 0 Å². The maximum atomic E-state index is 12.3. The number of nitrogens with one attached hydrogen (secondary N) is 3. The van der Waals surface area contributed by atoms with E-state index in [0.717, 1.165) is 29.8 Å². The molecule has 1 atom stereocenters. The topological polar surface area (TPSA) is 170 Å². The molecule has 0 aliphatic heterocycles. The monoisotopic (exact) mass is 447 g/mol. The molecule has 7 N–H and O–H groups in total. The van der Waals surface area contributed by atoms with Crippen LogP contribution in [0, 0.1) is 11.6 Å². The average Bonchev–Trinajstić information content (AvgIpc) is 2.69. The molecular formula is C20H25N5O5S. The largest absolute Gasteiger partial charge is 0.481 e. The number of aryl methyl sites for hydroxylation is 1. The summed E-state index contributed by atoms with van der Waals surface area (Å²) in [6.07, 6.45) is 0.991. The van der Waals surface area contributed by atoms with Gasteiger partial charge in [0.05, 0.1) is 0 Å². The molecule has 0 fully saturated rings. The minimum atomic E-state index is -1.28. The van der Waals surface area contributed by atoms with Gasteiger partial charge >= 0.3 is 11.9 Å². The van der Waals surface area contributed by atoms with E-state index in [1.54, 1.807) is 24.3 Å². The summed E-state index contributed by atoms with van der Waals surface area (Å²) >= 11 is 5.25. The Labute approximate surface area is 183 Å². The SMILES string of the molecule is Cc1[nH]c(N)nc(=S)c1CCCNc1ccc(C(=O)NC(CCC(=O)O)C(=O)O)cc1. The molecule has 0 aliphatic carbocycles. The molecule has 1 unspecified atom stereocenters. The quantitative estimate of drug-likeness (QED) is 0.223. The van der Waals surface area contributed by atoms with Crippen molar-refractivity contribution in [2.24, 2.45) is 0 Å². The molecule has 0 radical (unpaired) electrons. The van der Waals surface area contributed by atoms with Gasteiger partial charge in [-0.25, -0.2) is 9.78 Å². The van der Waals surface area contributed by atoms with Crippen LogP contribution >= 0.6 is 12.2 Å². The first kappa shape index (κ1) is 23.8. The molecule has 10 nitrogen and oxygen atoms in total. The van der Waals surface area contributed by atoms with Crippen molar-refractivity contribution in [1.82, 2.24) is 15.3 Å². The van der Waals surface area contributed by atoms with Crippen molar-refractivity contribution in [2.75, 3.05) is 17.6 Å². The number of carbonyl (C=O) groups is 3. The Balaban J connectivity index is 1.86. The number of nitrogens with zero attached hydrogens (tertiary/aromatic N) is 1. The average molecular weight is 448 g/mol. The molecule has 2 rings (SSSR count). The van der Waals surface area contributed by atoms with Crippen molar-refractivity contribution in [3.05, 3.63) is 45.7 Å². The van der Waals surface area contributed by atoms with Crippen molar-refractivity contribution in [1.29, 1.82) is 0 Å². The lowest BCUT2D eigenvalue weighted by molar-refractivity contribution is -0.140. The Hall–Kier alpha value is -3.47. The van der Waals surface area contributed by atoms with Crippen molar-refractivity contribution in [2.45, 2.75) is 38.6 Å². The molecule has 2 aromatic rings. The highest BCUT2D eigenvalue weighted by molar-refractivity contribution is 7.71. The molecule has 0 spiro atoms. The molecular weight excluding hydrogens is 422 g/mol. The summed E-state index contributed by atoms with van der Waals surface area (Å²) in [7, 11) is 0. The Morgan fingerprint density at radius 3 is 2.48 bits per heavy atom. The van der Waals surface area contributed by atoms with Gasteiger partial charge in [0.1, 0.15) is 10.7 Å². The molecule has 0 saturated carbocycles. The van der Waals surface area contributed by atoms with Crippen molar-refractivity contribution in [3.8, 4) is 0 Å². The summed E-state index contributed by atoms with van der Waals surface area (Å²) in [4.78, 5) is 41.1. The van der Waals surface area contributed by atoms with Gasteiger partial charge in [-0.2, -0.15) is 0 Å². The zero-order valence-electron chi connectivity index (χ0n) is 17.0. The van der Waals surface area contributed by atoms with E-state index in [9.17, 15) is 14.4 Å². The fourth-order valence-corrected chi connectivity index (χ4v) is 3.28. The third kappa shape index (κ3) is 7.37. The van der Waals surface area contributed by atoms with E-state index >= 15 is 0 Å². The van der Waals surface area contributed by atoms with Crippen LogP contribution in [0.4, 0.5) is 11.6 Å². The van der Waals surface area contributed by atoms with Crippen LogP contribution in [0.15, 0.2) is 24.3 Å². The summed E-state index contributed by atoms with van der Waals surface area (Å²) in [6, 6.07) is 5.30. The lowest BCUT2D eigenvalue weighted by Gasteiger charge is -2.14. The van der Waals surface area contributed by atoms with E-state index in [1.807, 2.05) is 6.92 Å². The number of carbonyl (C=O) groups excluding carboxylic acids is 1. The maximum absolute atomic E-state index is 12.3. The van der Waals surface area contributed by atoms with Gasteiger partial charge in [0.25, 0.3) is 5.91 Å². The molecule has 1 heterocycles.